The Hall–Kier alpha value is -0.970. The monoisotopic (exact) mass is 272 g/mol. The number of aliphatic hydroxyl groups excluding tert-OH is 1. The Balaban J connectivity index is 0.00000162. The predicted molar refractivity (Wildman–Crippen MR) is 75.7 cm³/mol. The number of halogens is 1. The van der Waals surface area contributed by atoms with Crippen LogP contribution in [0.4, 0.5) is 5.69 Å². The van der Waals surface area contributed by atoms with E-state index < -0.39 is 0 Å². The van der Waals surface area contributed by atoms with Crippen LogP contribution in [0.25, 0.3) is 0 Å². The lowest BCUT2D eigenvalue weighted by atomic mass is 10.0. The smallest absolute Gasteiger partial charge is 0.142 e. The summed E-state index contributed by atoms with van der Waals surface area (Å²) >= 11 is 0. The van der Waals surface area contributed by atoms with Gasteiger partial charge in [-0.1, -0.05) is 12.1 Å². The summed E-state index contributed by atoms with van der Waals surface area (Å²) < 4.78 is 5.34. The molecule has 0 atom stereocenters. The molecule has 0 radical (unpaired) electrons. The summed E-state index contributed by atoms with van der Waals surface area (Å²) in [5.74, 6) is 0.801. The molecule has 1 heterocycles. The van der Waals surface area contributed by atoms with E-state index in [1.165, 1.54) is 0 Å². The molecule has 3 N–H and O–H groups in total. The standard InChI is InChI=1S/C13H20N2O2.ClH/c1-17-12-4-2-3-10(9-16)13(12)15-11-5-7-14-8-6-11;/h2-4,11,14-16H,5-9H2,1H3;1H. The quantitative estimate of drug-likeness (QED) is 0.782. The molecule has 18 heavy (non-hydrogen) atoms. The Morgan fingerprint density at radius 2 is 2.11 bits per heavy atom. The van der Waals surface area contributed by atoms with Gasteiger partial charge in [-0.15, -0.1) is 12.4 Å². The molecule has 1 saturated heterocycles. The lowest BCUT2D eigenvalue weighted by molar-refractivity contribution is 0.281. The number of anilines is 1. The fourth-order valence-electron chi connectivity index (χ4n) is 2.21. The Morgan fingerprint density at radius 3 is 2.72 bits per heavy atom. The molecule has 0 aromatic heterocycles. The van der Waals surface area contributed by atoms with Gasteiger partial charge in [0.05, 0.1) is 19.4 Å². The molecule has 1 fully saturated rings. The molecule has 2 rings (SSSR count). The fraction of sp³-hybridized carbons (Fsp3) is 0.538. The lowest BCUT2D eigenvalue weighted by Gasteiger charge is -2.26. The second-order valence-electron chi connectivity index (χ2n) is 4.32. The summed E-state index contributed by atoms with van der Waals surface area (Å²) in [6, 6.07) is 6.20. The molecule has 1 aliphatic heterocycles. The number of nitrogens with one attached hydrogen (secondary N) is 2. The van der Waals surface area contributed by atoms with E-state index in [1.807, 2.05) is 18.2 Å². The number of benzene rings is 1. The van der Waals surface area contributed by atoms with Crippen LogP contribution in [0, 0.1) is 0 Å². The van der Waals surface area contributed by atoms with E-state index >= 15 is 0 Å². The SMILES string of the molecule is COc1cccc(CO)c1NC1CCNCC1.Cl. The summed E-state index contributed by atoms with van der Waals surface area (Å²) in [5.41, 5.74) is 1.83. The van der Waals surface area contributed by atoms with Crippen molar-refractivity contribution in [2.75, 3.05) is 25.5 Å². The minimum absolute atomic E-state index is 0. The lowest BCUT2D eigenvalue weighted by Crippen LogP contribution is -2.35. The molecule has 102 valence electrons. The zero-order valence-electron chi connectivity index (χ0n) is 10.6. The highest BCUT2D eigenvalue weighted by atomic mass is 35.5. The zero-order chi connectivity index (χ0) is 12.1. The van der Waals surface area contributed by atoms with Crippen molar-refractivity contribution in [2.45, 2.75) is 25.5 Å². The molecular formula is C13H21ClN2O2. The van der Waals surface area contributed by atoms with Crippen molar-refractivity contribution in [3.05, 3.63) is 23.8 Å². The van der Waals surface area contributed by atoms with Crippen LogP contribution in [0.15, 0.2) is 18.2 Å². The maximum absolute atomic E-state index is 9.36. The van der Waals surface area contributed by atoms with Gasteiger partial charge in [0.1, 0.15) is 5.75 Å². The van der Waals surface area contributed by atoms with E-state index in [9.17, 15) is 5.11 Å². The van der Waals surface area contributed by atoms with Gasteiger partial charge in [0.15, 0.2) is 0 Å². The van der Waals surface area contributed by atoms with Crippen LogP contribution in [0.2, 0.25) is 0 Å². The van der Waals surface area contributed by atoms with E-state index in [1.54, 1.807) is 7.11 Å². The van der Waals surface area contributed by atoms with Crippen molar-refractivity contribution < 1.29 is 9.84 Å². The Bertz CT molecular complexity index is 346. The normalized spacial score (nSPS) is 15.9. The van der Waals surface area contributed by atoms with Crippen LogP contribution in [0.5, 0.6) is 5.75 Å². The summed E-state index contributed by atoms with van der Waals surface area (Å²) in [6.07, 6.45) is 2.20. The number of para-hydroxylation sites is 1. The number of ether oxygens (including phenoxy) is 1. The van der Waals surface area contributed by atoms with E-state index in [2.05, 4.69) is 10.6 Å². The second-order valence-corrected chi connectivity index (χ2v) is 4.32. The van der Waals surface area contributed by atoms with Gasteiger partial charge in [0.2, 0.25) is 0 Å². The van der Waals surface area contributed by atoms with Crippen molar-refractivity contribution in [3.63, 3.8) is 0 Å². The summed E-state index contributed by atoms with van der Waals surface area (Å²) in [7, 11) is 1.66. The minimum atomic E-state index is 0. The number of hydrogen-bond donors (Lipinski definition) is 3. The Kier molecular flexibility index (Phi) is 6.25. The molecule has 4 nitrogen and oxygen atoms in total. The van der Waals surface area contributed by atoms with Crippen molar-refractivity contribution in [2.24, 2.45) is 0 Å². The molecule has 0 amide bonds. The molecule has 0 aliphatic carbocycles. The molecule has 0 spiro atoms. The maximum atomic E-state index is 9.36. The van der Waals surface area contributed by atoms with Crippen molar-refractivity contribution in [1.82, 2.24) is 5.32 Å². The van der Waals surface area contributed by atoms with E-state index in [0.717, 1.165) is 42.9 Å². The van der Waals surface area contributed by atoms with E-state index in [0.29, 0.717) is 6.04 Å². The number of hydrogen-bond acceptors (Lipinski definition) is 4. The third-order valence-electron chi connectivity index (χ3n) is 3.19. The molecule has 5 heteroatoms. The van der Waals surface area contributed by atoms with E-state index in [4.69, 9.17) is 4.74 Å². The van der Waals surface area contributed by atoms with Crippen LogP contribution in [0.1, 0.15) is 18.4 Å². The third kappa shape index (κ3) is 3.51. The van der Waals surface area contributed by atoms with Gasteiger partial charge >= 0.3 is 0 Å². The highest BCUT2D eigenvalue weighted by Gasteiger charge is 2.16. The van der Waals surface area contributed by atoms with Gasteiger partial charge in [0, 0.05) is 11.6 Å². The summed E-state index contributed by atoms with van der Waals surface area (Å²) in [5, 5.41) is 16.2. The number of rotatable bonds is 4. The number of methoxy groups -OCH3 is 1. The molecule has 1 aliphatic rings. The first-order valence-corrected chi connectivity index (χ1v) is 6.09. The number of piperidine rings is 1. The largest absolute Gasteiger partial charge is 0.495 e. The van der Waals surface area contributed by atoms with Gasteiger partial charge in [-0.3, -0.25) is 0 Å². The van der Waals surface area contributed by atoms with Crippen molar-refractivity contribution in [3.8, 4) is 5.75 Å². The van der Waals surface area contributed by atoms with Crippen LogP contribution >= 0.6 is 12.4 Å². The first-order chi connectivity index (χ1) is 8.35. The maximum Gasteiger partial charge on any atom is 0.142 e. The molecule has 1 aromatic carbocycles. The first-order valence-electron chi connectivity index (χ1n) is 6.09. The molecular weight excluding hydrogens is 252 g/mol. The van der Waals surface area contributed by atoms with Gasteiger partial charge in [0.25, 0.3) is 0 Å². The van der Waals surface area contributed by atoms with Gasteiger partial charge in [-0.05, 0) is 32.0 Å². The van der Waals surface area contributed by atoms with Gasteiger partial charge < -0.3 is 20.5 Å². The molecule has 0 unspecified atom stereocenters. The highest BCUT2D eigenvalue weighted by molar-refractivity contribution is 5.85. The predicted octanol–water partition coefficient (Wildman–Crippen LogP) is 1.77. The van der Waals surface area contributed by atoms with Gasteiger partial charge in [-0.2, -0.15) is 0 Å². The Morgan fingerprint density at radius 1 is 1.39 bits per heavy atom. The van der Waals surface area contributed by atoms with Crippen LogP contribution in [0.3, 0.4) is 0 Å². The van der Waals surface area contributed by atoms with Crippen LogP contribution in [-0.4, -0.2) is 31.3 Å². The zero-order valence-corrected chi connectivity index (χ0v) is 11.4. The highest BCUT2D eigenvalue weighted by Crippen LogP contribution is 2.30. The minimum Gasteiger partial charge on any atom is -0.495 e. The third-order valence-corrected chi connectivity index (χ3v) is 3.19. The first kappa shape index (κ1) is 15.1. The van der Waals surface area contributed by atoms with E-state index in [-0.39, 0.29) is 19.0 Å². The van der Waals surface area contributed by atoms with Crippen LogP contribution in [-0.2, 0) is 6.61 Å². The molecule has 1 aromatic rings. The molecule has 0 saturated carbocycles. The van der Waals surface area contributed by atoms with Crippen molar-refractivity contribution >= 4 is 18.1 Å². The van der Waals surface area contributed by atoms with Crippen molar-refractivity contribution in [1.29, 1.82) is 0 Å². The average molecular weight is 273 g/mol. The van der Waals surface area contributed by atoms with Gasteiger partial charge in [-0.25, -0.2) is 0 Å². The Labute approximate surface area is 114 Å². The number of aliphatic hydroxyl groups is 1. The average Bonchev–Trinajstić information content (AvgIpc) is 2.40. The topological polar surface area (TPSA) is 53.5 Å². The molecule has 0 bridgehead atoms. The summed E-state index contributed by atoms with van der Waals surface area (Å²) in [4.78, 5) is 0. The summed E-state index contributed by atoms with van der Waals surface area (Å²) in [6.45, 7) is 2.12. The fourth-order valence-corrected chi connectivity index (χ4v) is 2.21. The second kappa shape index (κ2) is 7.46. The van der Waals surface area contributed by atoms with Crippen LogP contribution < -0.4 is 15.4 Å².